The van der Waals surface area contributed by atoms with Crippen molar-refractivity contribution in [1.29, 1.82) is 0 Å². The zero-order chi connectivity index (χ0) is 18.8. The van der Waals surface area contributed by atoms with Crippen molar-refractivity contribution in [3.63, 3.8) is 0 Å². The molecule has 1 heterocycles. The van der Waals surface area contributed by atoms with Crippen LogP contribution in [0, 0.1) is 6.92 Å². The maximum absolute atomic E-state index is 12.7. The molecule has 0 saturated heterocycles. The summed E-state index contributed by atoms with van der Waals surface area (Å²) in [5, 5.41) is 4.07. The summed E-state index contributed by atoms with van der Waals surface area (Å²) >= 11 is 0. The van der Waals surface area contributed by atoms with Gasteiger partial charge in [0.05, 0.1) is 27.0 Å². The van der Waals surface area contributed by atoms with E-state index in [4.69, 9.17) is 9.47 Å². The molecule has 0 aliphatic heterocycles. The van der Waals surface area contributed by atoms with Crippen molar-refractivity contribution in [3.05, 3.63) is 41.2 Å². The van der Waals surface area contributed by atoms with Crippen LogP contribution in [0.5, 0.6) is 11.5 Å². The van der Waals surface area contributed by atoms with E-state index >= 15 is 0 Å². The number of benzene rings is 1. The molecular formula is C16H21N3O5S. The monoisotopic (exact) mass is 367 g/mol. The van der Waals surface area contributed by atoms with Gasteiger partial charge in [0.2, 0.25) is 10.0 Å². The van der Waals surface area contributed by atoms with Gasteiger partial charge < -0.3 is 9.47 Å². The summed E-state index contributed by atoms with van der Waals surface area (Å²) in [5.74, 6) is 0.134. The van der Waals surface area contributed by atoms with E-state index in [0.29, 0.717) is 17.1 Å². The van der Waals surface area contributed by atoms with Crippen molar-refractivity contribution in [1.82, 2.24) is 14.1 Å². The number of carbonyl (C=O) groups excluding carboxylic acids is 1. The highest BCUT2D eigenvalue weighted by Gasteiger charge is 2.28. The minimum Gasteiger partial charge on any atom is -0.493 e. The first-order valence-electron chi connectivity index (χ1n) is 7.41. The van der Waals surface area contributed by atoms with Crippen molar-refractivity contribution in [2.75, 3.05) is 20.5 Å². The Kier molecular flexibility index (Phi) is 5.36. The van der Waals surface area contributed by atoms with Gasteiger partial charge in [-0.1, -0.05) is 12.1 Å². The molecule has 0 aliphatic carbocycles. The van der Waals surface area contributed by atoms with Crippen LogP contribution < -0.4 is 9.47 Å². The van der Waals surface area contributed by atoms with Crippen LogP contribution in [0.3, 0.4) is 0 Å². The summed E-state index contributed by atoms with van der Waals surface area (Å²) in [7, 11) is 0.800. The Hall–Kier alpha value is -2.55. The van der Waals surface area contributed by atoms with Crippen LogP contribution in [-0.2, 0) is 23.6 Å². The molecule has 0 aliphatic rings. The highest BCUT2D eigenvalue weighted by atomic mass is 32.2. The second-order valence-corrected chi connectivity index (χ2v) is 7.43. The predicted octanol–water partition coefficient (Wildman–Crippen LogP) is 1.35. The maximum atomic E-state index is 12.7. The lowest BCUT2D eigenvalue weighted by Crippen LogP contribution is -2.36. The van der Waals surface area contributed by atoms with Gasteiger partial charge in [-0.25, -0.2) is 12.7 Å². The predicted molar refractivity (Wildman–Crippen MR) is 92.2 cm³/mol. The van der Waals surface area contributed by atoms with Gasteiger partial charge in [0.1, 0.15) is 0 Å². The Labute approximate surface area is 147 Å². The second kappa shape index (κ2) is 7.14. The summed E-state index contributed by atoms with van der Waals surface area (Å²) in [6.45, 7) is 1.59. The number of rotatable bonds is 6. The molecule has 0 atom stereocenters. The third-order valence-corrected chi connectivity index (χ3v) is 4.85. The summed E-state index contributed by atoms with van der Waals surface area (Å²) in [6, 6.07) is 6.61. The third-order valence-electron chi connectivity index (χ3n) is 3.76. The number of aryl methyl sites for hydroxylation is 2. The standard InChI is InChI=1S/C16H21N3O5S/c1-11-9-13(17-18(11)2)16(20)19(25(5,21)22)10-12-7-6-8-14(23-3)15(12)24-4/h6-9H,10H2,1-5H3. The van der Waals surface area contributed by atoms with E-state index in [1.807, 2.05) is 0 Å². The number of para-hydroxylation sites is 1. The van der Waals surface area contributed by atoms with Gasteiger partial charge in [0.15, 0.2) is 17.2 Å². The SMILES string of the molecule is COc1cccc(CN(C(=O)c2cc(C)n(C)n2)S(C)(=O)=O)c1OC. The molecule has 0 N–H and O–H groups in total. The van der Waals surface area contributed by atoms with Crippen LogP contribution in [0.1, 0.15) is 21.7 Å². The fourth-order valence-corrected chi connectivity index (χ4v) is 3.13. The first-order chi connectivity index (χ1) is 11.7. The molecule has 0 unspecified atom stereocenters. The first-order valence-corrected chi connectivity index (χ1v) is 9.26. The van der Waals surface area contributed by atoms with E-state index in [1.165, 1.54) is 18.9 Å². The Morgan fingerprint density at radius 3 is 2.44 bits per heavy atom. The zero-order valence-electron chi connectivity index (χ0n) is 14.8. The number of sulfonamides is 1. The number of carbonyl (C=O) groups is 1. The van der Waals surface area contributed by atoms with E-state index in [0.717, 1.165) is 16.3 Å². The van der Waals surface area contributed by atoms with Crippen LogP contribution in [0.25, 0.3) is 0 Å². The Morgan fingerprint density at radius 1 is 1.28 bits per heavy atom. The molecule has 1 aromatic carbocycles. The van der Waals surface area contributed by atoms with Crippen molar-refractivity contribution in [2.24, 2.45) is 7.05 Å². The quantitative estimate of drug-likeness (QED) is 0.765. The van der Waals surface area contributed by atoms with Crippen molar-refractivity contribution in [2.45, 2.75) is 13.5 Å². The van der Waals surface area contributed by atoms with Gasteiger partial charge in [-0.2, -0.15) is 5.10 Å². The van der Waals surface area contributed by atoms with Gasteiger partial charge in [-0.3, -0.25) is 9.48 Å². The number of aromatic nitrogens is 2. The van der Waals surface area contributed by atoms with E-state index < -0.39 is 15.9 Å². The summed E-state index contributed by atoms with van der Waals surface area (Å²) in [6.07, 6.45) is 0.980. The average molecular weight is 367 g/mol. The fraction of sp³-hybridized carbons (Fsp3) is 0.375. The largest absolute Gasteiger partial charge is 0.493 e. The second-order valence-electron chi connectivity index (χ2n) is 5.52. The maximum Gasteiger partial charge on any atom is 0.288 e. The van der Waals surface area contributed by atoms with Gasteiger partial charge in [0, 0.05) is 18.3 Å². The highest BCUT2D eigenvalue weighted by Crippen LogP contribution is 2.32. The molecule has 9 heteroatoms. The minimum absolute atomic E-state index is 0.0623. The van der Waals surface area contributed by atoms with Crippen LogP contribution in [0.4, 0.5) is 0 Å². The van der Waals surface area contributed by atoms with Crippen molar-refractivity contribution < 1.29 is 22.7 Å². The normalized spacial score (nSPS) is 11.2. The number of hydrogen-bond donors (Lipinski definition) is 0. The van der Waals surface area contributed by atoms with E-state index in [-0.39, 0.29) is 12.2 Å². The number of hydrogen-bond acceptors (Lipinski definition) is 6. The molecule has 25 heavy (non-hydrogen) atoms. The summed E-state index contributed by atoms with van der Waals surface area (Å²) in [4.78, 5) is 12.7. The van der Waals surface area contributed by atoms with E-state index in [1.54, 1.807) is 38.2 Å². The van der Waals surface area contributed by atoms with Crippen LogP contribution >= 0.6 is 0 Å². The van der Waals surface area contributed by atoms with Crippen LogP contribution in [0.15, 0.2) is 24.3 Å². The van der Waals surface area contributed by atoms with Gasteiger partial charge in [0.25, 0.3) is 5.91 Å². The topological polar surface area (TPSA) is 90.7 Å². The molecule has 0 saturated carbocycles. The van der Waals surface area contributed by atoms with Gasteiger partial charge in [-0.05, 0) is 19.1 Å². The lowest BCUT2D eigenvalue weighted by molar-refractivity contribution is 0.0848. The number of amides is 1. The number of ether oxygens (including phenoxy) is 2. The Morgan fingerprint density at radius 2 is 1.96 bits per heavy atom. The first kappa shape index (κ1) is 18.8. The molecule has 0 spiro atoms. The lowest BCUT2D eigenvalue weighted by atomic mass is 10.2. The molecule has 0 bridgehead atoms. The van der Waals surface area contributed by atoms with Crippen molar-refractivity contribution >= 4 is 15.9 Å². The molecule has 0 fully saturated rings. The minimum atomic E-state index is -3.82. The lowest BCUT2D eigenvalue weighted by Gasteiger charge is -2.21. The molecule has 1 amide bonds. The van der Waals surface area contributed by atoms with Gasteiger partial charge >= 0.3 is 0 Å². The Bertz CT molecular complexity index is 870. The van der Waals surface area contributed by atoms with Crippen LogP contribution in [0.2, 0.25) is 0 Å². The molecule has 136 valence electrons. The molecule has 8 nitrogen and oxygen atoms in total. The Balaban J connectivity index is 2.45. The van der Waals surface area contributed by atoms with E-state index in [2.05, 4.69) is 5.10 Å². The molecular weight excluding hydrogens is 346 g/mol. The van der Waals surface area contributed by atoms with Gasteiger partial charge in [-0.15, -0.1) is 0 Å². The van der Waals surface area contributed by atoms with E-state index in [9.17, 15) is 13.2 Å². The summed E-state index contributed by atoms with van der Waals surface area (Å²) in [5.41, 5.74) is 1.32. The number of methoxy groups -OCH3 is 2. The summed E-state index contributed by atoms with van der Waals surface area (Å²) < 4.78 is 37.2. The highest BCUT2D eigenvalue weighted by molar-refractivity contribution is 7.88. The van der Waals surface area contributed by atoms with Crippen molar-refractivity contribution in [3.8, 4) is 11.5 Å². The molecule has 1 aromatic heterocycles. The smallest absolute Gasteiger partial charge is 0.288 e. The number of nitrogens with zero attached hydrogens (tertiary/aromatic N) is 3. The molecule has 2 rings (SSSR count). The van der Waals surface area contributed by atoms with Crippen LogP contribution in [-0.4, -0.2) is 48.9 Å². The third kappa shape index (κ3) is 3.93. The fourth-order valence-electron chi connectivity index (χ4n) is 2.37. The molecule has 0 radical (unpaired) electrons. The molecule has 2 aromatic rings. The zero-order valence-corrected chi connectivity index (χ0v) is 15.6. The average Bonchev–Trinajstić information content (AvgIpc) is 2.89.